The number of hydrogen-bond acceptors (Lipinski definition) is 3. The first kappa shape index (κ1) is 11.2. The third-order valence-electron chi connectivity index (χ3n) is 2.35. The fraction of sp³-hybridized carbons (Fsp3) is 0.200. The molecule has 0 amide bonds. The molecule has 4 nitrogen and oxygen atoms in total. The molecule has 0 saturated heterocycles. The van der Waals surface area contributed by atoms with E-state index < -0.39 is 12.0 Å². The van der Waals surface area contributed by atoms with Gasteiger partial charge in [-0.3, -0.25) is 4.79 Å². The molecule has 2 rings (SSSR count). The Balaban J connectivity index is 2.50. The van der Waals surface area contributed by atoms with Gasteiger partial charge >= 0.3 is 5.97 Å². The highest BCUT2D eigenvalue weighted by Crippen LogP contribution is 2.34. The minimum Gasteiger partial charge on any atom is -0.480 e. The highest BCUT2D eigenvalue weighted by Gasteiger charge is 2.30. The van der Waals surface area contributed by atoms with Crippen LogP contribution in [0.1, 0.15) is 16.8 Å². The second-order valence-electron chi connectivity index (χ2n) is 3.47. The van der Waals surface area contributed by atoms with Crippen LogP contribution in [0.5, 0.6) is 0 Å². The number of nitrogens with one attached hydrogen (secondary N) is 1. The number of fused-ring (bicyclic) bond motifs is 1. The summed E-state index contributed by atoms with van der Waals surface area (Å²) in [6, 6.07) is 2.04. The van der Waals surface area contributed by atoms with E-state index in [0.717, 1.165) is 0 Å². The minimum atomic E-state index is -1.07. The molecule has 1 aliphatic heterocycles. The molecule has 1 aromatic carbocycles. The summed E-state index contributed by atoms with van der Waals surface area (Å²) in [4.78, 5) is 22.5. The van der Waals surface area contributed by atoms with Crippen LogP contribution in [0.4, 0.5) is 5.69 Å². The number of aliphatic carboxylic acids is 1. The summed E-state index contributed by atoms with van der Waals surface area (Å²) in [6.45, 7) is 0. The predicted octanol–water partition coefficient (Wildman–Crippen LogP) is 2.44. The number of hydrogen-bond donors (Lipinski definition) is 2. The van der Waals surface area contributed by atoms with Gasteiger partial charge in [-0.05, 0) is 12.1 Å². The lowest BCUT2D eigenvalue weighted by molar-refractivity contribution is -0.137. The van der Waals surface area contributed by atoms with Crippen molar-refractivity contribution in [3.05, 3.63) is 27.7 Å². The first-order chi connectivity index (χ1) is 7.49. The van der Waals surface area contributed by atoms with Crippen LogP contribution in [0.3, 0.4) is 0 Å². The SMILES string of the molecule is O=C1C[C@@H](C(=O)O)Nc2cc(Cl)cc(Cl)c21. The molecule has 0 aliphatic carbocycles. The largest absolute Gasteiger partial charge is 0.480 e. The summed E-state index contributed by atoms with van der Waals surface area (Å²) in [7, 11) is 0. The number of ketones is 1. The van der Waals surface area contributed by atoms with Crippen LogP contribution in [-0.2, 0) is 4.79 Å². The van der Waals surface area contributed by atoms with Crippen LogP contribution in [0.2, 0.25) is 10.0 Å². The number of benzene rings is 1. The van der Waals surface area contributed by atoms with Gasteiger partial charge in [-0.25, -0.2) is 4.79 Å². The Labute approximate surface area is 101 Å². The van der Waals surface area contributed by atoms with Crippen LogP contribution in [0.15, 0.2) is 12.1 Å². The monoisotopic (exact) mass is 259 g/mol. The Morgan fingerprint density at radius 1 is 1.44 bits per heavy atom. The van der Waals surface area contributed by atoms with Gasteiger partial charge in [0.15, 0.2) is 5.78 Å². The van der Waals surface area contributed by atoms with Crippen LogP contribution < -0.4 is 5.32 Å². The van der Waals surface area contributed by atoms with Gasteiger partial charge < -0.3 is 10.4 Å². The smallest absolute Gasteiger partial charge is 0.326 e. The molecule has 16 heavy (non-hydrogen) atoms. The van der Waals surface area contributed by atoms with E-state index in [1.54, 1.807) is 0 Å². The molecule has 6 heteroatoms. The van der Waals surface area contributed by atoms with Crippen LogP contribution >= 0.6 is 23.2 Å². The quantitative estimate of drug-likeness (QED) is 0.813. The first-order valence-corrected chi connectivity index (χ1v) is 5.26. The average Bonchev–Trinajstić information content (AvgIpc) is 2.15. The van der Waals surface area contributed by atoms with Crippen LogP contribution in [-0.4, -0.2) is 22.9 Å². The number of carboxylic acid groups (broad SMARTS) is 1. The molecular formula is C10H7Cl2NO3. The standard InChI is InChI=1S/C10H7Cl2NO3/c11-4-1-5(12)9-6(2-4)13-7(10(15)16)3-8(9)14/h1-2,7,13H,3H2,(H,15,16)/t7-/m0/s1. The Morgan fingerprint density at radius 2 is 2.12 bits per heavy atom. The molecule has 0 radical (unpaired) electrons. The zero-order valence-electron chi connectivity index (χ0n) is 7.96. The van der Waals surface area contributed by atoms with Gasteiger partial charge in [-0.2, -0.15) is 0 Å². The summed E-state index contributed by atoms with van der Waals surface area (Å²) >= 11 is 11.7. The third-order valence-corrected chi connectivity index (χ3v) is 2.87. The molecule has 1 aliphatic rings. The lowest BCUT2D eigenvalue weighted by Gasteiger charge is -2.23. The zero-order valence-corrected chi connectivity index (χ0v) is 9.47. The third kappa shape index (κ3) is 1.86. The van der Waals surface area contributed by atoms with E-state index in [1.165, 1.54) is 12.1 Å². The maximum atomic E-state index is 11.7. The molecule has 0 bridgehead atoms. The fourth-order valence-corrected chi connectivity index (χ4v) is 2.24. The molecule has 0 fully saturated rings. The molecule has 1 aromatic rings. The van der Waals surface area contributed by atoms with Crippen molar-refractivity contribution < 1.29 is 14.7 Å². The zero-order chi connectivity index (χ0) is 11.9. The van der Waals surface area contributed by atoms with Crippen molar-refractivity contribution in [1.29, 1.82) is 0 Å². The van der Waals surface area contributed by atoms with E-state index in [4.69, 9.17) is 28.3 Å². The van der Waals surface area contributed by atoms with E-state index in [1.807, 2.05) is 0 Å². The van der Waals surface area contributed by atoms with Crippen molar-refractivity contribution in [2.75, 3.05) is 5.32 Å². The minimum absolute atomic E-state index is 0.107. The Kier molecular flexibility index (Phi) is 2.78. The summed E-state index contributed by atoms with van der Waals surface area (Å²) in [5.41, 5.74) is 0.685. The van der Waals surface area contributed by atoms with E-state index in [-0.39, 0.29) is 17.2 Å². The van der Waals surface area contributed by atoms with E-state index in [0.29, 0.717) is 16.3 Å². The fourth-order valence-electron chi connectivity index (χ4n) is 1.65. The maximum Gasteiger partial charge on any atom is 0.326 e. The van der Waals surface area contributed by atoms with Gasteiger partial charge in [0, 0.05) is 17.1 Å². The normalized spacial score (nSPS) is 18.9. The molecule has 0 aromatic heterocycles. The molecule has 0 spiro atoms. The summed E-state index contributed by atoms with van der Waals surface area (Å²) in [5.74, 6) is -1.36. The number of Topliss-reactive ketones (excluding diaryl/α,β-unsaturated/α-hetero) is 1. The second kappa shape index (κ2) is 3.96. The van der Waals surface area contributed by atoms with Crippen molar-refractivity contribution in [2.24, 2.45) is 0 Å². The number of anilines is 1. The van der Waals surface area contributed by atoms with Crippen molar-refractivity contribution in [3.8, 4) is 0 Å². The number of halogens is 2. The number of carbonyl (C=O) groups is 2. The van der Waals surface area contributed by atoms with Crippen LogP contribution in [0, 0.1) is 0 Å². The van der Waals surface area contributed by atoms with E-state index in [9.17, 15) is 9.59 Å². The molecule has 1 heterocycles. The summed E-state index contributed by atoms with van der Waals surface area (Å²) < 4.78 is 0. The van der Waals surface area contributed by atoms with Gasteiger partial charge in [0.1, 0.15) is 6.04 Å². The summed E-state index contributed by atoms with van der Waals surface area (Å²) in [5, 5.41) is 12.2. The van der Waals surface area contributed by atoms with E-state index in [2.05, 4.69) is 5.32 Å². The van der Waals surface area contributed by atoms with E-state index >= 15 is 0 Å². The molecule has 1 atom stereocenters. The maximum absolute atomic E-state index is 11.7. The Hall–Kier alpha value is -1.26. The number of rotatable bonds is 1. The Bertz CT molecular complexity index is 487. The number of carboxylic acids is 1. The highest BCUT2D eigenvalue weighted by atomic mass is 35.5. The highest BCUT2D eigenvalue weighted by molar-refractivity contribution is 6.38. The first-order valence-electron chi connectivity index (χ1n) is 4.50. The average molecular weight is 260 g/mol. The van der Waals surface area contributed by atoms with Crippen molar-refractivity contribution in [3.63, 3.8) is 0 Å². The van der Waals surface area contributed by atoms with Gasteiger partial charge in [0.25, 0.3) is 0 Å². The summed E-state index contributed by atoms with van der Waals surface area (Å²) in [6.07, 6.45) is -0.107. The van der Waals surface area contributed by atoms with Crippen molar-refractivity contribution in [1.82, 2.24) is 0 Å². The molecule has 0 unspecified atom stereocenters. The van der Waals surface area contributed by atoms with Crippen molar-refractivity contribution >= 4 is 40.6 Å². The topological polar surface area (TPSA) is 66.4 Å². The van der Waals surface area contributed by atoms with Gasteiger partial charge in [-0.1, -0.05) is 23.2 Å². The molecule has 0 saturated carbocycles. The molecular weight excluding hydrogens is 253 g/mol. The van der Waals surface area contributed by atoms with Crippen molar-refractivity contribution in [2.45, 2.75) is 12.5 Å². The van der Waals surface area contributed by atoms with Gasteiger partial charge in [0.05, 0.1) is 10.6 Å². The molecule has 84 valence electrons. The Morgan fingerprint density at radius 3 is 2.75 bits per heavy atom. The second-order valence-corrected chi connectivity index (χ2v) is 4.32. The van der Waals surface area contributed by atoms with Gasteiger partial charge in [-0.15, -0.1) is 0 Å². The lowest BCUT2D eigenvalue weighted by Crippen LogP contribution is -2.36. The predicted molar refractivity (Wildman–Crippen MR) is 60.5 cm³/mol. The lowest BCUT2D eigenvalue weighted by atomic mass is 9.97. The molecule has 2 N–H and O–H groups in total. The number of carbonyl (C=O) groups excluding carboxylic acids is 1. The van der Waals surface area contributed by atoms with Gasteiger partial charge in [0.2, 0.25) is 0 Å². The van der Waals surface area contributed by atoms with Crippen LogP contribution in [0.25, 0.3) is 0 Å².